The maximum atomic E-state index is 12.3. The van der Waals surface area contributed by atoms with Crippen LogP contribution in [0.1, 0.15) is 18.4 Å². The van der Waals surface area contributed by atoms with E-state index in [1.54, 1.807) is 0 Å². The third kappa shape index (κ3) is 4.70. The molecule has 2 aromatic carbocycles. The lowest BCUT2D eigenvalue weighted by Crippen LogP contribution is -2.43. The number of piperidine rings is 1. The number of hydrogen-bond donors (Lipinski definition) is 0. The lowest BCUT2D eigenvalue weighted by Gasteiger charge is -2.31. The Balaban J connectivity index is 1.54. The van der Waals surface area contributed by atoms with Crippen molar-refractivity contribution >= 4 is 16.7 Å². The van der Waals surface area contributed by atoms with Gasteiger partial charge in [0.05, 0.1) is 19.3 Å². The Bertz CT molecular complexity index is 748. The summed E-state index contributed by atoms with van der Waals surface area (Å²) in [6, 6.07) is 14.0. The first-order valence-corrected chi connectivity index (χ1v) is 8.05. The fraction of sp³-hybridized carbons (Fsp3) is 0.389. The number of rotatable bonds is 4. The highest BCUT2D eigenvalue weighted by Crippen LogP contribution is 2.21. The first kappa shape index (κ1) is 17.7. The Labute approximate surface area is 143 Å². The molecule has 0 radical (unpaired) electrons. The van der Waals surface area contributed by atoms with E-state index >= 15 is 0 Å². The quantitative estimate of drug-likeness (QED) is 0.837. The summed E-state index contributed by atoms with van der Waals surface area (Å²) in [5.74, 6) is -2.19. The number of ether oxygens (including phenoxy) is 1. The number of benzene rings is 2. The molecule has 25 heavy (non-hydrogen) atoms. The van der Waals surface area contributed by atoms with Gasteiger partial charge in [0.2, 0.25) is 0 Å². The molecule has 0 bridgehead atoms. The number of halogens is 3. The van der Waals surface area contributed by atoms with Crippen LogP contribution in [0.4, 0.5) is 13.2 Å². The average molecular weight is 353 g/mol. The molecular weight excluding hydrogens is 335 g/mol. The minimum Gasteiger partial charge on any atom is -0.372 e. The Morgan fingerprint density at radius 1 is 1.16 bits per heavy atom. The van der Waals surface area contributed by atoms with Crippen LogP contribution in [0.15, 0.2) is 42.5 Å². The third-order valence-corrected chi connectivity index (χ3v) is 4.08. The molecule has 2 aromatic rings. The SMILES string of the molecule is O=C(ON1CCCC(OCc2ccc3ccccc3c2)C1)C(F)(F)F. The molecule has 0 aliphatic carbocycles. The molecule has 1 fully saturated rings. The van der Waals surface area contributed by atoms with Crippen LogP contribution in [0, 0.1) is 0 Å². The van der Waals surface area contributed by atoms with E-state index in [-0.39, 0.29) is 19.2 Å². The number of fused-ring (bicyclic) bond motifs is 1. The molecule has 0 N–H and O–H groups in total. The molecule has 0 aromatic heterocycles. The van der Waals surface area contributed by atoms with Crippen molar-refractivity contribution in [3.8, 4) is 0 Å². The molecule has 0 amide bonds. The molecule has 134 valence electrons. The molecule has 0 saturated carbocycles. The van der Waals surface area contributed by atoms with Gasteiger partial charge in [-0.25, -0.2) is 4.79 Å². The second-order valence-electron chi connectivity index (χ2n) is 6.02. The molecular formula is C18H18F3NO3. The normalized spacial score (nSPS) is 19.1. The molecule has 3 rings (SSSR count). The first-order valence-electron chi connectivity index (χ1n) is 8.05. The van der Waals surface area contributed by atoms with Crippen LogP contribution in [-0.4, -0.2) is 36.4 Å². The van der Waals surface area contributed by atoms with Gasteiger partial charge in [0.25, 0.3) is 0 Å². The highest BCUT2D eigenvalue weighted by Gasteiger charge is 2.43. The smallest absolute Gasteiger partial charge is 0.372 e. The van der Waals surface area contributed by atoms with Crippen LogP contribution in [0.2, 0.25) is 0 Å². The standard InChI is InChI=1S/C18H18F3NO3/c19-18(20,21)17(23)25-22-9-3-6-16(11-22)24-12-13-7-8-14-4-1-2-5-15(14)10-13/h1-2,4-5,7-8,10,16H,3,6,9,11-12H2. The summed E-state index contributed by atoms with van der Waals surface area (Å²) in [7, 11) is 0. The van der Waals surface area contributed by atoms with Crippen molar-refractivity contribution in [2.75, 3.05) is 13.1 Å². The summed E-state index contributed by atoms with van der Waals surface area (Å²) in [5.41, 5.74) is 0.989. The van der Waals surface area contributed by atoms with Gasteiger partial charge in [-0.15, -0.1) is 5.06 Å². The van der Waals surface area contributed by atoms with E-state index in [1.807, 2.05) is 42.5 Å². The van der Waals surface area contributed by atoms with Gasteiger partial charge in [-0.3, -0.25) is 0 Å². The van der Waals surface area contributed by atoms with E-state index in [1.165, 1.54) is 0 Å². The Kier molecular flexibility index (Phi) is 5.24. The Morgan fingerprint density at radius 2 is 1.92 bits per heavy atom. The minimum absolute atomic E-state index is 0.134. The van der Waals surface area contributed by atoms with Crippen LogP contribution in [0.25, 0.3) is 10.8 Å². The zero-order valence-electron chi connectivity index (χ0n) is 13.5. The van der Waals surface area contributed by atoms with E-state index < -0.39 is 12.1 Å². The molecule has 1 atom stereocenters. The van der Waals surface area contributed by atoms with Crippen LogP contribution in [-0.2, 0) is 21.0 Å². The van der Waals surface area contributed by atoms with Crippen molar-refractivity contribution in [2.45, 2.75) is 31.7 Å². The maximum absolute atomic E-state index is 12.3. The van der Waals surface area contributed by atoms with E-state index in [0.717, 1.165) is 21.4 Å². The summed E-state index contributed by atoms with van der Waals surface area (Å²) < 4.78 is 42.6. The van der Waals surface area contributed by atoms with Crippen molar-refractivity contribution in [2.24, 2.45) is 0 Å². The topological polar surface area (TPSA) is 38.8 Å². The zero-order chi connectivity index (χ0) is 17.9. The van der Waals surface area contributed by atoms with Crippen LogP contribution in [0.5, 0.6) is 0 Å². The molecule has 1 heterocycles. The Hall–Kier alpha value is -2.12. The lowest BCUT2D eigenvalue weighted by atomic mass is 10.1. The summed E-state index contributed by atoms with van der Waals surface area (Å²) in [6.07, 6.45) is -3.94. The number of nitrogens with zero attached hydrogens (tertiary/aromatic N) is 1. The van der Waals surface area contributed by atoms with Crippen LogP contribution < -0.4 is 0 Å². The van der Waals surface area contributed by atoms with Crippen molar-refractivity contribution in [3.05, 3.63) is 48.0 Å². The zero-order valence-corrected chi connectivity index (χ0v) is 13.5. The van der Waals surface area contributed by atoms with Crippen molar-refractivity contribution < 1.29 is 27.5 Å². The number of carbonyl (C=O) groups is 1. The molecule has 0 spiro atoms. The molecule has 1 saturated heterocycles. The Morgan fingerprint density at radius 3 is 2.68 bits per heavy atom. The highest BCUT2D eigenvalue weighted by atomic mass is 19.4. The van der Waals surface area contributed by atoms with E-state index in [2.05, 4.69) is 4.84 Å². The highest BCUT2D eigenvalue weighted by molar-refractivity contribution is 5.82. The molecule has 4 nitrogen and oxygen atoms in total. The number of hydroxylamine groups is 2. The fourth-order valence-electron chi connectivity index (χ4n) is 2.84. The van der Waals surface area contributed by atoms with Crippen LogP contribution in [0.3, 0.4) is 0 Å². The van der Waals surface area contributed by atoms with Gasteiger partial charge in [-0.2, -0.15) is 13.2 Å². The minimum atomic E-state index is -4.99. The van der Waals surface area contributed by atoms with Crippen LogP contribution >= 0.6 is 0 Å². The molecule has 1 aliphatic rings. The van der Waals surface area contributed by atoms with Gasteiger partial charge < -0.3 is 9.57 Å². The van der Waals surface area contributed by atoms with E-state index in [9.17, 15) is 18.0 Å². The molecule has 1 unspecified atom stereocenters. The van der Waals surface area contributed by atoms with Gasteiger partial charge in [0.15, 0.2) is 0 Å². The second kappa shape index (κ2) is 7.41. The van der Waals surface area contributed by atoms with Gasteiger partial charge in [0.1, 0.15) is 0 Å². The van der Waals surface area contributed by atoms with Crippen molar-refractivity contribution in [3.63, 3.8) is 0 Å². The summed E-state index contributed by atoms with van der Waals surface area (Å²) in [6.45, 7) is 0.767. The monoisotopic (exact) mass is 353 g/mol. The number of alkyl halides is 3. The number of carbonyl (C=O) groups excluding carboxylic acids is 1. The maximum Gasteiger partial charge on any atom is 0.492 e. The van der Waals surface area contributed by atoms with Gasteiger partial charge in [-0.05, 0) is 35.2 Å². The number of hydrogen-bond acceptors (Lipinski definition) is 4. The van der Waals surface area contributed by atoms with Gasteiger partial charge in [-0.1, -0.05) is 36.4 Å². The summed E-state index contributed by atoms with van der Waals surface area (Å²) in [5, 5.41) is 3.27. The second-order valence-corrected chi connectivity index (χ2v) is 6.02. The summed E-state index contributed by atoms with van der Waals surface area (Å²) in [4.78, 5) is 15.3. The first-order chi connectivity index (χ1) is 11.9. The largest absolute Gasteiger partial charge is 0.492 e. The molecule has 1 aliphatic heterocycles. The van der Waals surface area contributed by atoms with Crippen molar-refractivity contribution in [1.29, 1.82) is 0 Å². The van der Waals surface area contributed by atoms with E-state index in [4.69, 9.17) is 4.74 Å². The molecule has 7 heteroatoms. The third-order valence-electron chi connectivity index (χ3n) is 4.08. The average Bonchev–Trinajstić information content (AvgIpc) is 2.59. The fourth-order valence-corrected chi connectivity index (χ4v) is 2.84. The van der Waals surface area contributed by atoms with Gasteiger partial charge >= 0.3 is 12.1 Å². The van der Waals surface area contributed by atoms with Crippen molar-refractivity contribution in [1.82, 2.24) is 5.06 Å². The van der Waals surface area contributed by atoms with Gasteiger partial charge in [0, 0.05) is 6.54 Å². The predicted molar refractivity (Wildman–Crippen MR) is 85.5 cm³/mol. The lowest BCUT2D eigenvalue weighted by molar-refractivity contribution is -0.247. The predicted octanol–water partition coefficient (Wildman–Crippen LogP) is 3.84. The van der Waals surface area contributed by atoms with E-state index in [0.29, 0.717) is 19.4 Å². The summed E-state index contributed by atoms with van der Waals surface area (Å²) >= 11 is 0.